The molecule has 3 rings (SSSR count). The van der Waals surface area contributed by atoms with E-state index in [-0.39, 0.29) is 4.90 Å². The fourth-order valence-corrected chi connectivity index (χ4v) is 8.51. The maximum Gasteiger partial charge on any atom is 0.250 e. The van der Waals surface area contributed by atoms with Crippen molar-refractivity contribution in [3.63, 3.8) is 0 Å². The predicted molar refractivity (Wildman–Crippen MR) is 258 cm³/mol. The van der Waals surface area contributed by atoms with Crippen LogP contribution in [0.2, 0.25) is 0 Å². The third-order valence-corrected chi connectivity index (χ3v) is 12.4. The van der Waals surface area contributed by atoms with Gasteiger partial charge >= 0.3 is 0 Å². The van der Waals surface area contributed by atoms with E-state index in [9.17, 15) is 13.6 Å². The van der Waals surface area contributed by atoms with Gasteiger partial charge in [0.15, 0.2) is 0 Å². The first-order chi connectivity index (χ1) is 28.7. The van der Waals surface area contributed by atoms with Crippen LogP contribution in [0.15, 0.2) is 94.2 Å². The minimum Gasteiger partial charge on any atom is -0.760 e. The van der Waals surface area contributed by atoms with Crippen LogP contribution in [0.25, 0.3) is 0 Å². The lowest BCUT2D eigenvalue weighted by atomic mass is 10.1. The third-order valence-electron chi connectivity index (χ3n) is 11.1. The zero-order valence-electron chi connectivity index (χ0n) is 39.5. The predicted octanol–water partition coefficient (Wildman–Crippen LogP) is 13.9. The van der Waals surface area contributed by atoms with Crippen LogP contribution in [-0.2, 0) is 27.9 Å². The number of nitrogens with two attached hydrogens (primary N) is 1. The van der Waals surface area contributed by atoms with Crippen molar-refractivity contribution in [2.24, 2.45) is 4.36 Å². The number of hydrogen-bond acceptors (Lipinski definition) is 4. The van der Waals surface area contributed by atoms with E-state index in [0.717, 1.165) is 29.0 Å². The van der Waals surface area contributed by atoms with Gasteiger partial charge in [0.25, 0.3) is 0 Å². The summed E-state index contributed by atoms with van der Waals surface area (Å²) >= 11 is 0. The van der Waals surface area contributed by atoms with Crippen LogP contribution in [0.5, 0.6) is 0 Å². The van der Waals surface area contributed by atoms with Gasteiger partial charge in [0, 0.05) is 38.6 Å². The van der Waals surface area contributed by atoms with Crippen molar-refractivity contribution in [2.75, 3.05) is 47.0 Å². The van der Waals surface area contributed by atoms with E-state index < -0.39 is 15.9 Å². The van der Waals surface area contributed by atoms with Gasteiger partial charge in [-0.3, -0.25) is 9.00 Å². The fourth-order valence-electron chi connectivity index (χ4n) is 7.58. The molecule has 2 N–H and O–H groups in total. The molecule has 0 bridgehead atoms. The molecule has 0 saturated heterocycles. The molecule has 1 amide bonds. The molecule has 1 unspecified atom stereocenters. The first-order valence-corrected chi connectivity index (χ1v) is 25.2. The van der Waals surface area contributed by atoms with Gasteiger partial charge in [-0.1, -0.05) is 190 Å². The highest BCUT2D eigenvalue weighted by atomic mass is 32.2. The zero-order chi connectivity index (χ0) is 44.4. The minimum absolute atomic E-state index is 0.0399. The molecule has 0 aliphatic carbocycles. The summed E-state index contributed by atoms with van der Waals surface area (Å²) in [6.07, 6.45) is 31.4. The van der Waals surface area contributed by atoms with E-state index >= 15 is 0 Å². The lowest BCUT2D eigenvalue weighted by Gasteiger charge is -2.30. The first kappa shape index (κ1) is 55.0. The second-order valence-corrected chi connectivity index (χ2v) is 19.9. The van der Waals surface area contributed by atoms with E-state index in [1.165, 1.54) is 190 Å². The molecule has 0 aliphatic heterocycles. The summed E-state index contributed by atoms with van der Waals surface area (Å²) in [4.78, 5) is 10.5. The van der Waals surface area contributed by atoms with Crippen LogP contribution in [0.3, 0.4) is 0 Å². The van der Waals surface area contributed by atoms with Gasteiger partial charge in [-0.05, 0) is 49.9 Å². The molecule has 340 valence electrons. The number of quaternary nitrogens is 2. The molecular formula is C52H89N4O3S+. The average molecular weight is 850 g/mol. The number of unbranched alkanes of at least 4 members (excludes halogenated alkanes) is 20. The number of carbonyl (C=O) groups excluding carboxylic acids is 1. The Morgan fingerprint density at radius 1 is 0.517 bits per heavy atom. The summed E-state index contributed by atoms with van der Waals surface area (Å²) in [7, 11) is 5.60. The number of amides is 1. The van der Waals surface area contributed by atoms with Crippen molar-refractivity contribution in [1.29, 1.82) is 0 Å². The summed E-state index contributed by atoms with van der Waals surface area (Å²) in [5.41, 5.74) is 8.75. The lowest BCUT2D eigenvalue weighted by molar-refractivity contribution is -0.903. The average Bonchev–Trinajstić information content (AvgIpc) is 3.19. The number of anilines is 1. The summed E-state index contributed by atoms with van der Waals surface area (Å²) < 4.78 is 27.9. The number of nitrogens with zero attached hydrogens (tertiary/aromatic N) is 3. The van der Waals surface area contributed by atoms with Gasteiger partial charge in [-0.15, -0.1) is 0 Å². The Morgan fingerprint density at radius 2 is 0.817 bits per heavy atom. The topological polar surface area (TPSA) is 95.6 Å². The van der Waals surface area contributed by atoms with Crippen LogP contribution in [0.4, 0.5) is 5.69 Å². The summed E-state index contributed by atoms with van der Waals surface area (Å²) in [6, 6.07) is 27.3. The third kappa shape index (κ3) is 30.9. The molecule has 1 atom stereocenters. The molecule has 0 spiro atoms. The Kier molecular flexibility index (Phi) is 30.8. The standard InChI is InChI=1S/C23H42N.C21H38N.C8H10N2O3S/c1-4-5-6-7-8-9-10-11-12-13-14-18-21-24(2,3)22-23-19-16-15-17-20-23;1-4-5-6-7-8-9-10-11-12-16-19-22(2,3)20-21-17-14-13-15-18-21;1-6(11)10-14(12,13)8-4-2-7(9)3-5-8/h15-17,19-20H,4-14,18,21-22H2,1-3H3;13-15,17-18H,4-12,16,19-20H2,1-3H3;2-5H,9H2,1H3,(H,10,11,12,13)/q2*+1;/p-1. The minimum atomic E-state index is -3.86. The van der Waals surface area contributed by atoms with Crippen LogP contribution in [-0.4, -0.2) is 64.9 Å². The van der Waals surface area contributed by atoms with Crippen molar-refractivity contribution >= 4 is 21.6 Å². The van der Waals surface area contributed by atoms with Crippen LogP contribution >= 0.6 is 0 Å². The van der Waals surface area contributed by atoms with Crippen LogP contribution in [0.1, 0.15) is 173 Å². The molecule has 0 aromatic heterocycles. The molecule has 3 aromatic carbocycles. The van der Waals surface area contributed by atoms with E-state index in [0.29, 0.717) is 5.69 Å². The molecule has 7 nitrogen and oxygen atoms in total. The molecule has 3 aromatic rings. The van der Waals surface area contributed by atoms with Crippen molar-refractivity contribution in [2.45, 2.75) is 180 Å². The highest BCUT2D eigenvalue weighted by molar-refractivity contribution is 7.88. The first-order valence-electron chi connectivity index (χ1n) is 23.8. The Morgan fingerprint density at radius 3 is 1.12 bits per heavy atom. The van der Waals surface area contributed by atoms with E-state index in [2.05, 4.69) is 107 Å². The number of carbonyl (C=O) groups is 1. The number of benzene rings is 3. The van der Waals surface area contributed by atoms with E-state index in [4.69, 9.17) is 5.73 Å². The number of nitrogen functional groups attached to an aromatic ring is 1. The molecule has 0 fully saturated rings. The molecule has 60 heavy (non-hydrogen) atoms. The highest BCUT2D eigenvalue weighted by Gasteiger charge is 2.16. The summed E-state index contributed by atoms with van der Waals surface area (Å²) in [6.45, 7) is 10.6. The number of hydrogen-bond donors (Lipinski definition) is 1. The monoisotopic (exact) mass is 850 g/mol. The molecule has 0 heterocycles. The second-order valence-electron chi connectivity index (χ2n) is 18.3. The van der Waals surface area contributed by atoms with Gasteiger partial charge in [0.1, 0.15) is 13.1 Å². The van der Waals surface area contributed by atoms with E-state index in [1.807, 2.05) is 0 Å². The van der Waals surface area contributed by atoms with Crippen molar-refractivity contribution < 1.29 is 22.5 Å². The van der Waals surface area contributed by atoms with Crippen LogP contribution in [0, 0.1) is 0 Å². The maximum atomic E-state index is 11.3. The van der Waals surface area contributed by atoms with Crippen molar-refractivity contribution in [3.8, 4) is 0 Å². The normalized spacial score (nSPS) is 12.4. The second kappa shape index (κ2) is 33.6. The summed E-state index contributed by atoms with van der Waals surface area (Å²) in [5, 5.41) is 0. The zero-order valence-corrected chi connectivity index (χ0v) is 40.3. The SMILES string of the molecule is CC(=O)N=S(=O)([O-])c1ccc(N)cc1.CCCCCCCCCCCCCC[N+](C)(C)Cc1ccccc1.CCCCCCCCCCCC[N+](C)(C)Cc1ccccc1. The summed E-state index contributed by atoms with van der Waals surface area (Å²) in [5.74, 6) is -0.748. The largest absolute Gasteiger partial charge is 0.760 e. The number of rotatable bonds is 29. The maximum absolute atomic E-state index is 11.3. The molecular weight excluding hydrogens is 761 g/mol. The smallest absolute Gasteiger partial charge is 0.250 e. The van der Waals surface area contributed by atoms with Crippen molar-refractivity contribution in [1.82, 2.24) is 0 Å². The van der Waals surface area contributed by atoms with Gasteiger partial charge in [0.05, 0.1) is 41.3 Å². The van der Waals surface area contributed by atoms with Gasteiger partial charge < -0.3 is 19.3 Å². The van der Waals surface area contributed by atoms with Gasteiger partial charge in [0.2, 0.25) is 5.91 Å². The lowest BCUT2D eigenvalue weighted by Crippen LogP contribution is -2.39. The van der Waals surface area contributed by atoms with E-state index in [1.54, 1.807) is 0 Å². The Hall–Kier alpha value is -3.04. The fraction of sp³-hybridized carbons (Fsp3) is 0.635. The van der Waals surface area contributed by atoms with Crippen molar-refractivity contribution in [3.05, 3.63) is 96.1 Å². The Labute approximate surface area is 370 Å². The Balaban J connectivity index is 0.000000465. The molecule has 8 heteroatoms. The Bertz CT molecular complexity index is 1590. The molecule has 0 radical (unpaired) electrons. The molecule has 0 aliphatic rings. The highest BCUT2D eigenvalue weighted by Crippen LogP contribution is 2.17. The molecule has 0 saturated carbocycles. The van der Waals surface area contributed by atoms with Gasteiger partial charge in [-0.25, -0.2) is 0 Å². The van der Waals surface area contributed by atoms with Crippen LogP contribution < -0.4 is 5.73 Å². The quantitative estimate of drug-likeness (QED) is 0.0427. The van der Waals surface area contributed by atoms with Gasteiger partial charge in [-0.2, -0.15) is 4.36 Å².